The van der Waals surface area contributed by atoms with E-state index in [1.54, 1.807) is 12.2 Å². The maximum absolute atomic E-state index is 10.8. The maximum Gasteiger partial charge on any atom is 0.309 e. The first-order chi connectivity index (χ1) is 7.54. The summed E-state index contributed by atoms with van der Waals surface area (Å²) in [6, 6.07) is 2.87. The summed E-state index contributed by atoms with van der Waals surface area (Å²) in [4.78, 5) is 10.8. The molecule has 0 aliphatic carbocycles. The molecule has 0 aliphatic rings. The standard InChI is InChI=1S/C11H10Cl2O3/c1-16-11(15)4-2-3-7-5-9(13)10(14)6-8(7)12/h2-3,5-6,14H,4H2,1H3. The van der Waals surface area contributed by atoms with Gasteiger partial charge in [-0.05, 0) is 11.6 Å². The number of halogens is 2. The lowest BCUT2D eigenvalue weighted by atomic mass is 10.2. The molecule has 0 amide bonds. The van der Waals surface area contributed by atoms with Crippen LogP contribution in [-0.4, -0.2) is 18.2 Å². The summed E-state index contributed by atoms with van der Waals surface area (Å²) in [5, 5.41) is 9.84. The van der Waals surface area contributed by atoms with E-state index in [-0.39, 0.29) is 23.2 Å². The molecule has 0 heterocycles. The van der Waals surface area contributed by atoms with Crippen LogP contribution in [0.2, 0.25) is 10.0 Å². The van der Waals surface area contributed by atoms with E-state index < -0.39 is 0 Å². The third-order valence-corrected chi connectivity index (χ3v) is 2.51. The Balaban J connectivity index is 2.81. The van der Waals surface area contributed by atoms with Crippen LogP contribution < -0.4 is 0 Å². The summed E-state index contributed by atoms with van der Waals surface area (Å²) < 4.78 is 4.47. The minimum atomic E-state index is -0.336. The van der Waals surface area contributed by atoms with Crippen molar-refractivity contribution in [1.82, 2.24) is 0 Å². The Kier molecular flexibility index (Phi) is 4.65. The smallest absolute Gasteiger partial charge is 0.309 e. The van der Waals surface area contributed by atoms with Crippen molar-refractivity contribution >= 4 is 35.2 Å². The predicted molar refractivity (Wildman–Crippen MR) is 63.8 cm³/mol. The Labute approximate surface area is 103 Å². The third kappa shape index (κ3) is 3.43. The minimum absolute atomic E-state index is 0.0724. The first-order valence-corrected chi connectivity index (χ1v) is 5.21. The van der Waals surface area contributed by atoms with Crippen LogP contribution >= 0.6 is 23.2 Å². The minimum Gasteiger partial charge on any atom is -0.506 e. The highest BCUT2D eigenvalue weighted by Crippen LogP contribution is 2.30. The van der Waals surface area contributed by atoms with Crippen molar-refractivity contribution in [2.24, 2.45) is 0 Å². The molecule has 0 spiro atoms. The quantitative estimate of drug-likeness (QED) is 0.849. The highest BCUT2D eigenvalue weighted by molar-refractivity contribution is 6.35. The number of benzene rings is 1. The number of hydrogen-bond acceptors (Lipinski definition) is 3. The molecule has 16 heavy (non-hydrogen) atoms. The predicted octanol–water partition coefficient (Wildman–Crippen LogP) is 3.28. The van der Waals surface area contributed by atoms with Gasteiger partial charge in [-0.15, -0.1) is 0 Å². The molecule has 1 N–H and O–H groups in total. The molecule has 0 fully saturated rings. The Morgan fingerprint density at radius 1 is 1.44 bits per heavy atom. The molecule has 0 saturated heterocycles. The first-order valence-electron chi connectivity index (χ1n) is 4.46. The van der Waals surface area contributed by atoms with Gasteiger partial charge in [0.2, 0.25) is 0 Å². The van der Waals surface area contributed by atoms with E-state index in [9.17, 15) is 9.90 Å². The van der Waals surface area contributed by atoms with Crippen molar-refractivity contribution < 1.29 is 14.6 Å². The van der Waals surface area contributed by atoms with Gasteiger partial charge >= 0.3 is 5.97 Å². The number of carbonyl (C=O) groups is 1. The van der Waals surface area contributed by atoms with Crippen molar-refractivity contribution in [3.05, 3.63) is 33.8 Å². The van der Waals surface area contributed by atoms with Crippen molar-refractivity contribution in [2.45, 2.75) is 6.42 Å². The second-order valence-electron chi connectivity index (χ2n) is 3.01. The van der Waals surface area contributed by atoms with E-state index in [2.05, 4.69) is 4.74 Å². The largest absolute Gasteiger partial charge is 0.506 e. The molecular formula is C11H10Cl2O3. The summed E-state index contributed by atoms with van der Waals surface area (Å²) in [5.41, 5.74) is 0.633. The number of hydrogen-bond donors (Lipinski definition) is 1. The van der Waals surface area contributed by atoms with Crippen LogP contribution in [0.25, 0.3) is 6.08 Å². The molecule has 1 rings (SSSR count). The highest BCUT2D eigenvalue weighted by atomic mass is 35.5. The number of ether oxygens (including phenoxy) is 1. The van der Waals surface area contributed by atoms with Gasteiger partial charge in [0.15, 0.2) is 0 Å². The molecule has 86 valence electrons. The van der Waals surface area contributed by atoms with E-state index >= 15 is 0 Å². The third-order valence-electron chi connectivity index (χ3n) is 1.88. The molecule has 1 aromatic rings. The topological polar surface area (TPSA) is 46.5 Å². The fraction of sp³-hybridized carbons (Fsp3) is 0.182. The van der Waals surface area contributed by atoms with E-state index in [0.717, 1.165) is 0 Å². The van der Waals surface area contributed by atoms with Gasteiger partial charge in [-0.3, -0.25) is 4.79 Å². The van der Waals surface area contributed by atoms with E-state index in [4.69, 9.17) is 23.2 Å². The Bertz CT molecular complexity index is 427. The molecular weight excluding hydrogens is 251 g/mol. The molecule has 0 atom stereocenters. The van der Waals surface area contributed by atoms with Crippen LogP contribution in [0.4, 0.5) is 0 Å². The Hall–Kier alpha value is -1.19. The highest BCUT2D eigenvalue weighted by Gasteiger charge is 2.04. The Morgan fingerprint density at radius 2 is 2.12 bits per heavy atom. The normalized spacial score (nSPS) is 10.7. The monoisotopic (exact) mass is 260 g/mol. The Morgan fingerprint density at radius 3 is 2.75 bits per heavy atom. The zero-order valence-corrected chi connectivity index (χ0v) is 10.0. The van der Waals surface area contributed by atoms with Crippen molar-refractivity contribution in [1.29, 1.82) is 0 Å². The van der Waals surface area contributed by atoms with Gasteiger partial charge in [0.05, 0.1) is 23.6 Å². The fourth-order valence-electron chi connectivity index (χ4n) is 1.04. The summed E-state index contributed by atoms with van der Waals surface area (Å²) >= 11 is 11.6. The zero-order valence-electron chi connectivity index (χ0n) is 8.54. The van der Waals surface area contributed by atoms with Gasteiger partial charge in [0.25, 0.3) is 0 Å². The van der Waals surface area contributed by atoms with Crippen molar-refractivity contribution in [3.8, 4) is 5.75 Å². The van der Waals surface area contributed by atoms with E-state index in [0.29, 0.717) is 10.6 Å². The SMILES string of the molecule is COC(=O)CC=Cc1cc(Cl)c(O)cc1Cl. The van der Waals surface area contributed by atoms with Crippen LogP contribution in [0, 0.1) is 0 Å². The lowest BCUT2D eigenvalue weighted by Gasteiger charge is -2.01. The van der Waals surface area contributed by atoms with Gasteiger partial charge in [-0.1, -0.05) is 35.4 Å². The summed E-state index contributed by atoms with van der Waals surface area (Å²) in [6.45, 7) is 0. The summed E-state index contributed by atoms with van der Waals surface area (Å²) in [5.74, 6) is -0.408. The lowest BCUT2D eigenvalue weighted by Crippen LogP contribution is -1.96. The van der Waals surface area contributed by atoms with Gasteiger partial charge in [0.1, 0.15) is 5.75 Å². The number of phenols is 1. The first kappa shape index (κ1) is 12.9. The molecule has 1 aromatic carbocycles. The van der Waals surface area contributed by atoms with E-state index in [1.165, 1.54) is 19.2 Å². The molecule has 3 nitrogen and oxygen atoms in total. The van der Waals surface area contributed by atoms with Crippen molar-refractivity contribution in [3.63, 3.8) is 0 Å². The van der Waals surface area contributed by atoms with E-state index in [1.807, 2.05) is 0 Å². The average Bonchev–Trinajstić information content (AvgIpc) is 2.25. The number of aromatic hydroxyl groups is 1. The second kappa shape index (κ2) is 5.77. The maximum atomic E-state index is 10.8. The molecule has 0 aromatic heterocycles. The fourth-order valence-corrected chi connectivity index (χ4v) is 1.44. The second-order valence-corrected chi connectivity index (χ2v) is 3.82. The number of carbonyl (C=O) groups excluding carboxylic acids is 1. The number of methoxy groups -OCH3 is 1. The van der Waals surface area contributed by atoms with Gasteiger partial charge < -0.3 is 9.84 Å². The van der Waals surface area contributed by atoms with Crippen LogP contribution in [0.15, 0.2) is 18.2 Å². The number of phenolic OH excluding ortho intramolecular Hbond substituents is 1. The molecule has 0 saturated carbocycles. The van der Waals surface area contributed by atoms with Crippen LogP contribution in [0.5, 0.6) is 5.75 Å². The number of esters is 1. The van der Waals surface area contributed by atoms with Gasteiger partial charge in [-0.2, -0.15) is 0 Å². The molecule has 0 aliphatic heterocycles. The van der Waals surface area contributed by atoms with Gasteiger partial charge in [0, 0.05) is 6.07 Å². The summed E-state index contributed by atoms with van der Waals surface area (Å²) in [7, 11) is 1.32. The van der Waals surface area contributed by atoms with Gasteiger partial charge in [-0.25, -0.2) is 0 Å². The molecule has 0 bridgehead atoms. The zero-order chi connectivity index (χ0) is 12.1. The van der Waals surface area contributed by atoms with Crippen LogP contribution in [0.3, 0.4) is 0 Å². The number of rotatable bonds is 3. The molecule has 5 heteroatoms. The molecule has 0 unspecified atom stereocenters. The van der Waals surface area contributed by atoms with Crippen LogP contribution in [0.1, 0.15) is 12.0 Å². The lowest BCUT2D eigenvalue weighted by molar-refractivity contribution is -0.139. The van der Waals surface area contributed by atoms with Crippen molar-refractivity contribution in [2.75, 3.05) is 7.11 Å². The molecule has 0 radical (unpaired) electrons. The van der Waals surface area contributed by atoms with Crippen LogP contribution in [-0.2, 0) is 9.53 Å². The average molecular weight is 261 g/mol. The summed E-state index contributed by atoms with van der Waals surface area (Å²) in [6.07, 6.45) is 3.41.